The second kappa shape index (κ2) is 24.2. The third-order valence-corrected chi connectivity index (χ3v) is 18.0. The van der Waals surface area contributed by atoms with Gasteiger partial charge in [0.15, 0.2) is 12.1 Å². The predicted octanol–water partition coefficient (Wildman–Crippen LogP) is 19.8. The fourth-order valence-corrected chi connectivity index (χ4v) is 14.2. The van der Waals surface area contributed by atoms with E-state index in [9.17, 15) is 0 Å². The number of hydrogen-bond donors (Lipinski definition) is 2. The topological polar surface area (TPSA) is 196 Å². The van der Waals surface area contributed by atoms with Gasteiger partial charge in [-0.3, -0.25) is 38.6 Å². The van der Waals surface area contributed by atoms with Crippen molar-refractivity contribution in [2.24, 2.45) is 0 Å². The van der Waals surface area contributed by atoms with E-state index in [1.54, 1.807) is 84.9 Å². The molecule has 15 rings (SSSR count). The van der Waals surface area contributed by atoms with Crippen molar-refractivity contribution in [2.45, 2.75) is 67.5 Å². The summed E-state index contributed by atoms with van der Waals surface area (Å²) in [5.41, 5.74) is 7.16. The van der Waals surface area contributed by atoms with Crippen molar-refractivity contribution >= 4 is 113 Å². The number of anilines is 2. The number of fused-ring (bicyclic) bond motifs is 2. The van der Waals surface area contributed by atoms with Gasteiger partial charge in [0.1, 0.15) is 57.5 Å². The predicted molar refractivity (Wildman–Crippen MR) is 376 cm³/mol. The van der Waals surface area contributed by atoms with Crippen molar-refractivity contribution in [1.82, 2.24) is 9.80 Å². The van der Waals surface area contributed by atoms with Crippen molar-refractivity contribution in [2.75, 3.05) is 10.6 Å². The number of carbonyl (C=O) groups is 6. The van der Waals surface area contributed by atoms with Crippen molar-refractivity contribution in [1.29, 1.82) is 0 Å². The number of aryl methyl sites for hydroxylation is 8. The molecule has 13 aromatic rings. The molecule has 0 bridgehead atoms. The summed E-state index contributed by atoms with van der Waals surface area (Å²) in [6.45, 7) is 15.4. The summed E-state index contributed by atoms with van der Waals surface area (Å²) in [4.78, 5) is 97.5. The summed E-state index contributed by atoms with van der Waals surface area (Å²) in [7, 11) is 0. The van der Waals surface area contributed by atoms with E-state index in [0.29, 0.717) is 44.4 Å². The van der Waals surface area contributed by atoms with Crippen LogP contribution in [-0.4, -0.2) is 45.2 Å². The van der Waals surface area contributed by atoms with Crippen LogP contribution in [0.5, 0.6) is 46.0 Å². The maximum atomic E-state index is 16.4. The van der Waals surface area contributed by atoms with Crippen LogP contribution in [0.4, 0.5) is 11.4 Å². The molecule has 11 aromatic carbocycles. The average molecular weight is 1340 g/mol. The van der Waals surface area contributed by atoms with Crippen LogP contribution < -0.4 is 29.6 Å². The van der Waals surface area contributed by atoms with E-state index in [0.717, 1.165) is 54.3 Å². The molecule has 2 unspecified atom stereocenters. The van der Waals surface area contributed by atoms with Crippen LogP contribution in [0.1, 0.15) is 110 Å². The van der Waals surface area contributed by atoms with Crippen LogP contribution in [0, 0.1) is 55.4 Å². The third kappa shape index (κ3) is 11.0. The molecular formula is C80H58Cl2N4O12. The molecule has 2 aromatic heterocycles. The highest BCUT2D eigenvalue weighted by Gasteiger charge is 2.48. The van der Waals surface area contributed by atoms with E-state index in [1.807, 2.05) is 128 Å². The summed E-state index contributed by atoms with van der Waals surface area (Å²) in [6.07, 6.45) is 2.70. The maximum Gasteiger partial charge on any atom is 0.262 e. The van der Waals surface area contributed by atoms with Gasteiger partial charge >= 0.3 is 0 Å². The number of amides is 6. The van der Waals surface area contributed by atoms with Gasteiger partial charge < -0.3 is 38.4 Å². The molecule has 484 valence electrons. The molecule has 0 aliphatic carbocycles. The Bertz CT molecular complexity index is 4890. The van der Waals surface area contributed by atoms with Crippen LogP contribution in [0.15, 0.2) is 191 Å². The van der Waals surface area contributed by atoms with Crippen molar-refractivity contribution in [3.05, 3.63) is 271 Å². The minimum atomic E-state index is -1.71. The molecule has 0 saturated carbocycles. The Kier molecular flexibility index (Phi) is 15.4. The fourth-order valence-electron chi connectivity index (χ4n) is 13.9. The van der Waals surface area contributed by atoms with E-state index in [1.165, 1.54) is 24.7 Å². The molecule has 0 spiro atoms. The molecule has 6 amide bonds. The first-order valence-electron chi connectivity index (χ1n) is 31.5. The van der Waals surface area contributed by atoms with Gasteiger partial charge in [-0.2, -0.15) is 0 Å². The molecule has 98 heavy (non-hydrogen) atoms. The van der Waals surface area contributed by atoms with Gasteiger partial charge in [-0.15, -0.1) is 0 Å². The van der Waals surface area contributed by atoms with Crippen LogP contribution >= 0.6 is 23.2 Å². The van der Waals surface area contributed by atoms with Gasteiger partial charge in [0.05, 0.1) is 34.8 Å². The summed E-state index contributed by atoms with van der Waals surface area (Å²) in [6, 6.07) is 44.3. The molecule has 2 aliphatic rings. The molecule has 2 atom stereocenters. The zero-order valence-corrected chi connectivity index (χ0v) is 55.5. The Labute approximate surface area is 571 Å². The molecule has 0 saturated heterocycles. The van der Waals surface area contributed by atoms with Gasteiger partial charge in [0.25, 0.3) is 35.4 Å². The molecule has 0 radical (unpaired) electrons. The number of rotatable bonds is 16. The normalized spacial score (nSPS) is 13.4. The molecule has 2 N–H and O–H groups in total. The number of nitrogens with zero attached hydrogens (tertiary/aromatic N) is 2. The Morgan fingerprint density at radius 1 is 0.347 bits per heavy atom. The largest absolute Gasteiger partial charge is 0.467 e. The summed E-state index contributed by atoms with van der Waals surface area (Å²) in [5, 5.41) is 8.38. The van der Waals surface area contributed by atoms with Crippen molar-refractivity contribution < 1.29 is 56.5 Å². The number of halogens is 2. The summed E-state index contributed by atoms with van der Waals surface area (Å²) >= 11 is 12.6. The molecule has 18 heteroatoms. The van der Waals surface area contributed by atoms with Gasteiger partial charge in [-0.1, -0.05) is 47.5 Å². The molecule has 4 heterocycles. The average Bonchev–Trinajstić information content (AvgIpc) is 0.704. The van der Waals surface area contributed by atoms with Crippen molar-refractivity contribution in [3.8, 4) is 46.0 Å². The number of furan rings is 2. The maximum absolute atomic E-state index is 16.4. The molecule has 0 fully saturated rings. The van der Waals surface area contributed by atoms with Gasteiger partial charge in [-0.05, 0) is 245 Å². The molecule has 16 nitrogen and oxygen atoms in total. The number of ether oxygens (including phenoxy) is 4. The zero-order valence-electron chi connectivity index (χ0n) is 54.0. The van der Waals surface area contributed by atoms with Crippen LogP contribution in [0.2, 0.25) is 10.0 Å². The molecule has 2 aliphatic heterocycles. The van der Waals surface area contributed by atoms with Gasteiger partial charge in [0.2, 0.25) is 0 Å². The SMILES string of the molecule is Cc1cc(C)cc(Oc2cc3c4c(cc(Oc5cc(C)cc(C)c5)c5c6c(Oc7cc(C)cc(C)c7)cc7c8c(cc(Oc9cc(C)cc(C)c9)c(c2c45)c86)C(=O)N(C(C(=O)Nc2ccc(Cl)cc2)c2ccco2)C7=O)C(=O)N(C(C(=O)Nc2ccc(Cl)cc2)c2ccco2)C3=O)c1. The lowest BCUT2D eigenvalue weighted by Crippen LogP contribution is -2.47. The van der Waals surface area contributed by atoms with Gasteiger partial charge in [0, 0.05) is 64.5 Å². The Hall–Kier alpha value is -11.7. The zero-order chi connectivity index (χ0) is 68.3. The Morgan fingerprint density at radius 3 is 0.837 bits per heavy atom. The van der Waals surface area contributed by atoms with E-state index in [4.69, 9.17) is 51.0 Å². The highest BCUT2D eigenvalue weighted by molar-refractivity contribution is 6.45. The van der Waals surface area contributed by atoms with E-state index < -0.39 is 47.5 Å². The lowest BCUT2D eigenvalue weighted by Gasteiger charge is -2.35. The van der Waals surface area contributed by atoms with E-state index in [-0.39, 0.29) is 99.9 Å². The molecular weight excluding hydrogens is 1280 g/mol. The number of carbonyl (C=O) groups excluding carboxylic acids is 6. The number of imide groups is 2. The van der Waals surface area contributed by atoms with Crippen molar-refractivity contribution in [3.63, 3.8) is 0 Å². The highest BCUT2D eigenvalue weighted by Crippen LogP contribution is 2.59. The van der Waals surface area contributed by atoms with Gasteiger partial charge in [-0.25, -0.2) is 0 Å². The second-order valence-electron chi connectivity index (χ2n) is 25.2. The monoisotopic (exact) mass is 1340 g/mol. The quantitative estimate of drug-likeness (QED) is 0.0528. The van der Waals surface area contributed by atoms with E-state index in [2.05, 4.69) is 10.6 Å². The number of hydrogen-bond acceptors (Lipinski definition) is 12. The Balaban J connectivity index is 1.11. The number of benzene rings is 11. The minimum Gasteiger partial charge on any atom is -0.467 e. The third-order valence-electron chi connectivity index (χ3n) is 17.5. The van der Waals surface area contributed by atoms with E-state index >= 15 is 28.8 Å². The van der Waals surface area contributed by atoms with Crippen LogP contribution in [0.25, 0.3) is 43.1 Å². The van der Waals surface area contributed by atoms with Crippen LogP contribution in [0.3, 0.4) is 0 Å². The minimum absolute atomic E-state index is 0.0269. The highest BCUT2D eigenvalue weighted by atomic mass is 35.5. The van der Waals surface area contributed by atoms with Crippen LogP contribution in [-0.2, 0) is 9.59 Å². The standard InChI is InChI=1S/C80H58Cl2N4O12/c1-39-23-40(2)28-51(27-39)95-61-35-55-65-56(78(90)85(77(55)89)73(59-11-9-21-93-59)75(87)83-49-17-13-47(81)14-18-49)37-63(97-53-31-43(5)25-44(6)32-53)69-70-64(98-54-33-45(7)26-46(8)34-54)38-58-66-57(36-62(68(72(66)70)67(61)71(65)69)96-52-29-41(3)24-42(4)30-52)79(91)86(80(58)92)74(60-12-10-22-94-60)76(88)84-50-19-15-48(82)16-20-50/h9-38,73-74H,1-8H3,(H,83,87)(H,84,88). The lowest BCUT2D eigenvalue weighted by atomic mass is 9.80. The Morgan fingerprint density at radius 2 is 0.602 bits per heavy atom. The smallest absolute Gasteiger partial charge is 0.262 e. The second-order valence-corrected chi connectivity index (χ2v) is 26.1. The fraction of sp³-hybridized carbons (Fsp3) is 0.125. The lowest BCUT2D eigenvalue weighted by molar-refractivity contribution is -0.121. The summed E-state index contributed by atoms with van der Waals surface area (Å²) in [5.74, 6) is -3.56. The first-order valence-corrected chi connectivity index (χ1v) is 32.2. The first kappa shape index (κ1) is 62.4. The summed E-state index contributed by atoms with van der Waals surface area (Å²) < 4.78 is 41.1. The first-order chi connectivity index (χ1) is 47.1. The number of nitrogens with one attached hydrogen (secondary N) is 2.